The van der Waals surface area contributed by atoms with E-state index in [2.05, 4.69) is 28.4 Å². The van der Waals surface area contributed by atoms with Crippen LogP contribution in [-0.2, 0) is 14.3 Å². The van der Waals surface area contributed by atoms with Gasteiger partial charge in [0.2, 0.25) is 0 Å². The first-order valence-electron chi connectivity index (χ1n) is 4.48. The van der Waals surface area contributed by atoms with Crippen LogP contribution in [0.25, 0.3) is 0 Å². The lowest BCUT2D eigenvalue weighted by Gasteiger charge is -1.91. The van der Waals surface area contributed by atoms with Gasteiger partial charge in [-0.25, -0.2) is 9.59 Å². The molecule has 1 rings (SSSR count). The van der Waals surface area contributed by atoms with Crippen molar-refractivity contribution in [3.63, 3.8) is 0 Å². The van der Waals surface area contributed by atoms with Gasteiger partial charge in [0.25, 0.3) is 0 Å². The summed E-state index contributed by atoms with van der Waals surface area (Å²) in [4.78, 5) is 22.5. The molecule has 1 heterocycles. The summed E-state index contributed by atoms with van der Waals surface area (Å²) in [5.41, 5.74) is 0.689. The molecule has 1 aliphatic heterocycles. The number of hydrogen-bond donors (Lipinski definition) is 0. The van der Waals surface area contributed by atoms with Crippen molar-refractivity contribution in [1.82, 2.24) is 0 Å². The van der Waals surface area contributed by atoms with E-state index in [0.29, 0.717) is 11.1 Å². The third kappa shape index (κ3) is 2.48. The predicted octanol–water partition coefficient (Wildman–Crippen LogP) is 1.19. The first-order valence-corrected chi connectivity index (χ1v) is 4.48. The van der Waals surface area contributed by atoms with Gasteiger partial charge in [0, 0.05) is 12.8 Å². The SMILES string of the molecule is CC#CCC1=C(CC#CC)C(=O)OC1=O. The van der Waals surface area contributed by atoms with Gasteiger partial charge >= 0.3 is 11.9 Å². The van der Waals surface area contributed by atoms with Crippen molar-refractivity contribution in [1.29, 1.82) is 0 Å². The second-order valence-corrected chi connectivity index (χ2v) is 2.84. The first kappa shape index (κ1) is 11.1. The number of hydrogen-bond acceptors (Lipinski definition) is 3. The summed E-state index contributed by atoms with van der Waals surface area (Å²) < 4.78 is 4.49. The van der Waals surface area contributed by atoms with E-state index >= 15 is 0 Å². The maximum atomic E-state index is 11.2. The molecule has 0 aliphatic carbocycles. The molecule has 0 amide bonds. The summed E-state index contributed by atoms with van der Waals surface area (Å²) in [6, 6.07) is 0. The van der Waals surface area contributed by atoms with E-state index in [9.17, 15) is 9.59 Å². The Morgan fingerprint density at radius 1 is 0.933 bits per heavy atom. The molecule has 0 N–H and O–H groups in total. The molecule has 0 radical (unpaired) electrons. The number of rotatable bonds is 2. The maximum Gasteiger partial charge on any atom is 0.343 e. The zero-order valence-electron chi connectivity index (χ0n) is 8.64. The molecular weight excluding hydrogens is 192 g/mol. The lowest BCUT2D eigenvalue weighted by molar-refractivity contribution is -0.151. The molecule has 0 saturated heterocycles. The minimum Gasteiger partial charge on any atom is -0.386 e. The van der Waals surface area contributed by atoms with Gasteiger partial charge in [0.1, 0.15) is 0 Å². The van der Waals surface area contributed by atoms with Crippen molar-refractivity contribution in [3.8, 4) is 23.7 Å². The van der Waals surface area contributed by atoms with Crippen molar-refractivity contribution < 1.29 is 14.3 Å². The summed E-state index contributed by atoms with van der Waals surface area (Å²) in [6.45, 7) is 3.35. The topological polar surface area (TPSA) is 43.4 Å². The molecule has 15 heavy (non-hydrogen) atoms. The van der Waals surface area contributed by atoms with E-state index in [-0.39, 0.29) is 12.8 Å². The van der Waals surface area contributed by atoms with Crippen molar-refractivity contribution in [2.45, 2.75) is 26.7 Å². The number of esters is 2. The molecular formula is C12H10O3. The highest BCUT2D eigenvalue weighted by atomic mass is 16.6. The monoisotopic (exact) mass is 202 g/mol. The molecule has 0 aromatic heterocycles. The molecule has 0 aromatic rings. The molecule has 1 aliphatic rings. The second-order valence-electron chi connectivity index (χ2n) is 2.84. The van der Waals surface area contributed by atoms with Gasteiger partial charge in [0.05, 0.1) is 11.1 Å². The standard InChI is InChI=1S/C12H10O3/c1-3-5-7-9-10(8-6-4-2)12(14)15-11(9)13/h7-8H2,1-2H3. The van der Waals surface area contributed by atoms with Crippen LogP contribution in [0.3, 0.4) is 0 Å². The smallest absolute Gasteiger partial charge is 0.343 e. The molecule has 76 valence electrons. The Morgan fingerprint density at radius 3 is 1.67 bits per heavy atom. The first-order chi connectivity index (χ1) is 7.20. The number of ether oxygens (including phenoxy) is 1. The van der Waals surface area contributed by atoms with Crippen LogP contribution in [0.2, 0.25) is 0 Å². The van der Waals surface area contributed by atoms with Gasteiger partial charge in [-0.2, -0.15) is 0 Å². The maximum absolute atomic E-state index is 11.2. The van der Waals surface area contributed by atoms with Crippen LogP contribution in [0.5, 0.6) is 0 Å². The van der Waals surface area contributed by atoms with Gasteiger partial charge in [-0.1, -0.05) is 11.8 Å². The summed E-state index contributed by atoms with van der Waals surface area (Å²) >= 11 is 0. The Hall–Kier alpha value is -2.00. The van der Waals surface area contributed by atoms with Crippen LogP contribution in [0.4, 0.5) is 0 Å². The van der Waals surface area contributed by atoms with Crippen molar-refractivity contribution in [3.05, 3.63) is 11.1 Å². The van der Waals surface area contributed by atoms with E-state index in [1.54, 1.807) is 13.8 Å². The predicted molar refractivity (Wildman–Crippen MR) is 54.3 cm³/mol. The third-order valence-corrected chi connectivity index (χ3v) is 1.93. The zero-order chi connectivity index (χ0) is 11.3. The van der Waals surface area contributed by atoms with E-state index < -0.39 is 11.9 Å². The molecule has 3 heteroatoms. The number of carbonyl (C=O) groups excluding carboxylic acids is 2. The van der Waals surface area contributed by atoms with E-state index in [0.717, 1.165) is 0 Å². The highest BCUT2D eigenvalue weighted by molar-refractivity contribution is 6.12. The Morgan fingerprint density at radius 2 is 1.33 bits per heavy atom. The van der Waals surface area contributed by atoms with Crippen LogP contribution in [0.15, 0.2) is 11.1 Å². The largest absolute Gasteiger partial charge is 0.386 e. The van der Waals surface area contributed by atoms with E-state index in [4.69, 9.17) is 0 Å². The summed E-state index contributed by atoms with van der Waals surface area (Å²) in [6.07, 6.45) is 0.504. The van der Waals surface area contributed by atoms with Crippen molar-refractivity contribution >= 4 is 11.9 Å². The molecule has 0 atom stereocenters. The number of cyclic esters (lactones) is 2. The fraction of sp³-hybridized carbons (Fsp3) is 0.333. The lowest BCUT2D eigenvalue weighted by atomic mass is 10.1. The summed E-state index contributed by atoms with van der Waals surface area (Å²) in [7, 11) is 0. The summed E-state index contributed by atoms with van der Waals surface area (Å²) in [5.74, 6) is 9.64. The highest BCUT2D eigenvalue weighted by Gasteiger charge is 2.31. The van der Waals surface area contributed by atoms with Gasteiger partial charge < -0.3 is 4.74 Å². The fourth-order valence-corrected chi connectivity index (χ4v) is 1.17. The van der Waals surface area contributed by atoms with Gasteiger partial charge in [0.15, 0.2) is 0 Å². The number of carbonyl (C=O) groups is 2. The van der Waals surface area contributed by atoms with Crippen LogP contribution >= 0.6 is 0 Å². The Kier molecular flexibility index (Phi) is 3.71. The van der Waals surface area contributed by atoms with E-state index in [1.165, 1.54) is 0 Å². The summed E-state index contributed by atoms with van der Waals surface area (Å²) in [5, 5.41) is 0. The minimum atomic E-state index is -0.587. The lowest BCUT2D eigenvalue weighted by Crippen LogP contribution is -2.02. The molecule has 0 saturated carbocycles. The second kappa shape index (κ2) is 5.02. The Bertz CT molecular complexity index is 405. The van der Waals surface area contributed by atoms with Gasteiger partial charge in [-0.3, -0.25) is 0 Å². The highest BCUT2D eigenvalue weighted by Crippen LogP contribution is 2.22. The molecule has 0 unspecified atom stereocenters. The Balaban J connectivity index is 2.99. The fourth-order valence-electron chi connectivity index (χ4n) is 1.17. The molecule has 0 aromatic carbocycles. The van der Waals surface area contributed by atoms with Gasteiger partial charge in [-0.15, -0.1) is 11.8 Å². The van der Waals surface area contributed by atoms with Crippen LogP contribution in [0.1, 0.15) is 26.7 Å². The van der Waals surface area contributed by atoms with Crippen LogP contribution in [0, 0.1) is 23.7 Å². The molecule has 3 nitrogen and oxygen atoms in total. The van der Waals surface area contributed by atoms with E-state index in [1.807, 2.05) is 0 Å². The normalized spacial score (nSPS) is 14.0. The molecule has 0 bridgehead atoms. The zero-order valence-corrected chi connectivity index (χ0v) is 8.64. The van der Waals surface area contributed by atoms with Crippen LogP contribution in [-0.4, -0.2) is 11.9 Å². The quantitative estimate of drug-likeness (QED) is 0.384. The van der Waals surface area contributed by atoms with Crippen LogP contribution < -0.4 is 0 Å². The van der Waals surface area contributed by atoms with Crippen molar-refractivity contribution in [2.75, 3.05) is 0 Å². The average Bonchev–Trinajstić information content (AvgIpc) is 2.47. The Labute approximate surface area is 88.5 Å². The minimum absolute atomic E-state index is 0.252. The third-order valence-electron chi connectivity index (χ3n) is 1.93. The average molecular weight is 202 g/mol. The molecule has 0 spiro atoms. The molecule has 0 fully saturated rings. The van der Waals surface area contributed by atoms with Gasteiger partial charge in [-0.05, 0) is 13.8 Å². The van der Waals surface area contributed by atoms with Crippen molar-refractivity contribution in [2.24, 2.45) is 0 Å².